The van der Waals surface area contributed by atoms with Gasteiger partial charge < -0.3 is 5.11 Å². The first-order chi connectivity index (χ1) is 13.1. The summed E-state index contributed by atoms with van der Waals surface area (Å²) >= 11 is 0.957. The summed E-state index contributed by atoms with van der Waals surface area (Å²) in [5.41, 5.74) is 3.36. The van der Waals surface area contributed by atoms with E-state index in [9.17, 15) is 13.9 Å². The van der Waals surface area contributed by atoms with E-state index in [1.54, 1.807) is 16.8 Å². The molecule has 2 aromatic carbocycles. The van der Waals surface area contributed by atoms with Crippen molar-refractivity contribution in [3.05, 3.63) is 64.4 Å². The number of aliphatic hydroxyl groups excluding tert-OH is 1. The van der Waals surface area contributed by atoms with Crippen LogP contribution >= 0.6 is 11.3 Å². The number of aliphatic hydroxyl groups is 1. The minimum Gasteiger partial charge on any atom is -0.388 e. The number of hydrogen-bond acceptors (Lipinski definition) is 5. The molecule has 0 aliphatic rings. The Bertz CT molecular complexity index is 1110. The largest absolute Gasteiger partial charge is 0.388 e. The van der Waals surface area contributed by atoms with Crippen LogP contribution in [-0.4, -0.2) is 24.9 Å². The molecule has 0 radical (unpaired) electrons. The van der Waals surface area contributed by atoms with E-state index in [2.05, 4.69) is 15.1 Å². The van der Waals surface area contributed by atoms with Crippen molar-refractivity contribution in [3.63, 3.8) is 0 Å². The number of aromatic nitrogens is 4. The first kappa shape index (κ1) is 17.7. The number of thiazole rings is 1. The van der Waals surface area contributed by atoms with Crippen molar-refractivity contribution in [1.29, 1.82) is 0 Å². The van der Waals surface area contributed by atoms with Crippen LogP contribution < -0.4 is 0 Å². The van der Waals surface area contributed by atoms with E-state index in [0.717, 1.165) is 22.5 Å². The monoisotopic (exact) mass is 386 g/mol. The summed E-state index contributed by atoms with van der Waals surface area (Å²) in [6, 6.07) is 13.2. The SMILES string of the molecule is Cc1ccccc1Cn1nc(CO)nc1-c1cccc2nc(C(F)F)sc12. The molecule has 0 atom stereocenters. The number of fused-ring (bicyclic) bond motifs is 1. The van der Waals surface area contributed by atoms with E-state index in [1.165, 1.54) is 0 Å². The van der Waals surface area contributed by atoms with Gasteiger partial charge in [-0.2, -0.15) is 5.10 Å². The zero-order valence-corrected chi connectivity index (χ0v) is 15.2. The van der Waals surface area contributed by atoms with Gasteiger partial charge in [-0.1, -0.05) is 30.3 Å². The van der Waals surface area contributed by atoms with Crippen molar-refractivity contribution in [3.8, 4) is 11.4 Å². The Kier molecular flexibility index (Phi) is 4.67. The van der Waals surface area contributed by atoms with Crippen molar-refractivity contribution in [1.82, 2.24) is 19.7 Å². The Morgan fingerprint density at radius 3 is 2.67 bits per heavy atom. The fourth-order valence-electron chi connectivity index (χ4n) is 2.95. The lowest BCUT2D eigenvalue weighted by atomic mass is 10.1. The smallest absolute Gasteiger partial charge is 0.289 e. The predicted octanol–water partition coefficient (Wildman–Crippen LogP) is 4.34. The van der Waals surface area contributed by atoms with Crippen LogP contribution in [-0.2, 0) is 13.2 Å². The molecule has 2 heterocycles. The first-order valence-corrected chi connectivity index (χ1v) is 9.15. The van der Waals surface area contributed by atoms with Gasteiger partial charge >= 0.3 is 0 Å². The van der Waals surface area contributed by atoms with Crippen molar-refractivity contribution in [2.45, 2.75) is 26.5 Å². The number of aryl methyl sites for hydroxylation is 1. The van der Waals surface area contributed by atoms with Crippen LogP contribution in [0.5, 0.6) is 0 Å². The molecule has 0 spiro atoms. The summed E-state index contributed by atoms with van der Waals surface area (Å²) in [5.74, 6) is 0.812. The van der Waals surface area contributed by atoms with Crippen LogP contribution in [0.1, 0.15) is 28.4 Å². The van der Waals surface area contributed by atoms with Gasteiger partial charge in [-0.25, -0.2) is 23.4 Å². The fourth-order valence-corrected chi connectivity index (χ4v) is 3.88. The standard InChI is InChI=1S/C19H16F2N4OS/c1-11-5-2-3-6-12(11)9-25-18(23-15(10-26)24-25)13-7-4-8-14-16(13)27-19(22-14)17(20)21/h2-8,17,26H,9-10H2,1H3. The third-order valence-electron chi connectivity index (χ3n) is 4.30. The maximum absolute atomic E-state index is 13.1. The van der Waals surface area contributed by atoms with E-state index in [-0.39, 0.29) is 17.4 Å². The van der Waals surface area contributed by atoms with Crippen LogP contribution in [0.15, 0.2) is 42.5 Å². The van der Waals surface area contributed by atoms with E-state index in [4.69, 9.17) is 0 Å². The zero-order chi connectivity index (χ0) is 19.0. The molecule has 8 heteroatoms. The average molecular weight is 386 g/mol. The number of rotatable bonds is 5. The van der Waals surface area contributed by atoms with Gasteiger partial charge in [-0.3, -0.25) is 0 Å². The minimum absolute atomic E-state index is 0.218. The average Bonchev–Trinajstić information content (AvgIpc) is 3.27. The second-order valence-electron chi connectivity index (χ2n) is 6.10. The predicted molar refractivity (Wildman–Crippen MR) is 99.8 cm³/mol. The van der Waals surface area contributed by atoms with Gasteiger partial charge in [0.2, 0.25) is 0 Å². The highest BCUT2D eigenvalue weighted by atomic mass is 32.1. The molecule has 0 aliphatic carbocycles. The van der Waals surface area contributed by atoms with E-state index >= 15 is 0 Å². The lowest BCUT2D eigenvalue weighted by Crippen LogP contribution is -2.06. The van der Waals surface area contributed by atoms with Gasteiger partial charge in [0.1, 0.15) is 6.61 Å². The van der Waals surface area contributed by atoms with Gasteiger partial charge in [0, 0.05) is 5.56 Å². The van der Waals surface area contributed by atoms with Crippen molar-refractivity contribution in [2.24, 2.45) is 0 Å². The molecule has 27 heavy (non-hydrogen) atoms. The molecule has 5 nitrogen and oxygen atoms in total. The molecule has 138 valence electrons. The first-order valence-electron chi connectivity index (χ1n) is 8.34. The molecule has 0 amide bonds. The molecule has 0 fully saturated rings. The number of nitrogens with zero attached hydrogens (tertiary/aromatic N) is 4. The summed E-state index contributed by atoms with van der Waals surface area (Å²) in [6.45, 7) is 2.18. The van der Waals surface area contributed by atoms with Crippen LogP contribution in [0.3, 0.4) is 0 Å². The number of alkyl halides is 2. The molecular weight excluding hydrogens is 370 g/mol. The van der Waals surface area contributed by atoms with Crippen molar-refractivity contribution in [2.75, 3.05) is 0 Å². The Hall–Kier alpha value is -2.71. The summed E-state index contributed by atoms with van der Waals surface area (Å²) < 4.78 is 28.5. The summed E-state index contributed by atoms with van der Waals surface area (Å²) in [7, 11) is 0. The molecular formula is C19H16F2N4OS. The lowest BCUT2D eigenvalue weighted by molar-refractivity contribution is 0.151. The second kappa shape index (κ2) is 7.13. The lowest BCUT2D eigenvalue weighted by Gasteiger charge is -2.09. The Morgan fingerprint density at radius 2 is 1.93 bits per heavy atom. The Balaban J connectivity index is 1.85. The Morgan fingerprint density at radius 1 is 1.11 bits per heavy atom. The van der Waals surface area contributed by atoms with Gasteiger partial charge in [0.25, 0.3) is 6.43 Å². The van der Waals surface area contributed by atoms with E-state index in [0.29, 0.717) is 28.1 Å². The normalized spacial score (nSPS) is 11.6. The van der Waals surface area contributed by atoms with Gasteiger partial charge in [0.15, 0.2) is 16.7 Å². The molecule has 0 aliphatic heterocycles. The maximum atomic E-state index is 13.1. The summed E-state index contributed by atoms with van der Waals surface area (Å²) in [5, 5.41) is 13.6. The van der Waals surface area contributed by atoms with Gasteiger partial charge in [-0.05, 0) is 30.2 Å². The van der Waals surface area contributed by atoms with Gasteiger partial charge in [0.05, 0.1) is 16.8 Å². The highest BCUT2D eigenvalue weighted by Gasteiger charge is 2.20. The van der Waals surface area contributed by atoms with Crippen molar-refractivity contribution >= 4 is 21.6 Å². The Labute approximate surface area is 157 Å². The molecule has 1 N–H and O–H groups in total. The highest BCUT2D eigenvalue weighted by molar-refractivity contribution is 7.19. The van der Waals surface area contributed by atoms with Gasteiger partial charge in [-0.15, -0.1) is 11.3 Å². The third-order valence-corrected chi connectivity index (χ3v) is 5.41. The highest BCUT2D eigenvalue weighted by Crippen LogP contribution is 2.35. The van der Waals surface area contributed by atoms with Crippen LogP contribution in [0.25, 0.3) is 21.6 Å². The summed E-state index contributed by atoms with van der Waals surface area (Å²) in [6.07, 6.45) is -2.62. The third kappa shape index (κ3) is 3.33. The topological polar surface area (TPSA) is 63.8 Å². The van der Waals surface area contributed by atoms with Crippen LogP contribution in [0.2, 0.25) is 0 Å². The molecule has 4 rings (SSSR count). The molecule has 0 unspecified atom stereocenters. The summed E-state index contributed by atoms with van der Waals surface area (Å²) in [4.78, 5) is 8.44. The maximum Gasteiger partial charge on any atom is 0.289 e. The van der Waals surface area contributed by atoms with Crippen molar-refractivity contribution < 1.29 is 13.9 Å². The fraction of sp³-hybridized carbons (Fsp3) is 0.211. The molecule has 0 saturated carbocycles. The zero-order valence-electron chi connectivity index (χ0n) is 14.4. The van der Waals surface area contributed by atoms with Crippen LogP contribution in [0.4, 0.5) is 8.78 Å². The van der Waals surface area contributed by atoms with E-state index < -0.39 is 6.43 Å². The molecule has 0 saturated heterocycles. The number of benzene rings is 2. The second-order valence-corrected chi connectivity index (χ2v) is 7.13. The van der Waals surface area contributed by atoms with Crippen LogP contribution in [0, 0.1) is 6.92 Å². The quantitative estimate of drug-likeness (QED) is 0.554. The molecule has 4 aromatic rings. The number of hydrogen-bond donors (Lipinski definition) is 1. The molecule has 2 aromatic heterocycles. The van der Waals surface area contributed by atoms with E-state index in [1.807, 2.05) is 37.3 Å². The minimum atomic E-state index is -2.62. The molecule has 0 bridgehead atoms. The number of halogens is 2.